The molecule has 2 nitrogen and oxygen atoms in total. The van der Waals surface area contributed by atoms with Gasteiger partial charge in [0.1, 0.15) is 0 Å². The van der Waals surface area contributed by atoms with Gasteiger partial charge < -0.3 is 5.32 Å². The number of nitrogens with zero attached hydrogens (tertiary/aromatic N) is 1. The van der Waals surface area contributed by atoms with Gasteiger partial charge in [0.15, 0.2) is 5.17 Å². The minimum Gasteiger partial charge on any atom is -0.357 e. The molecule has 1 N–H and O–H groups in total. The smallest absolute Gasteiger partial charge is 0.157 e. The van der Waals surface area contributed by atoms with Crippen LogP contribution in [0.2, 0.25) is 0 Å². The Labute approximate surface area is 117 Å². The van der Waals surface area contributed by atoms with Crippen LogP contribution in [0.25, 0.3) is 0 Å². The summed E-state index contributed by atoms with van der Waals surface area (Å²) in [5.74, 6) is 1.09. The average molecular weight is 278 g/mol. The first-order chi connectivity index (χ1) is 8.81. The quantitative estimate of drug-likeness (QED) is 0.914. The molecular weight excluding hydrogens is 260 g/mol. The fourth-order valence-electron chi connectivity index (χ4n) is 2.13. The van der Waals surface area contributed by atoms with E-state index in [9.17, 15) is 0 Å². The van der Waals surface area contributed by atoms with Gasteiger partial charge in [-0.1, -0.05) is 42.1 Å². The van der Waals surface area contributed by atoms with Crippen LogP contribution in [-0.2, 0) is 0 Å². The van der Waals surface area contributed by atoms with Crippen LogP contribution in [0.3, 0.4) is 0 Å². The lowest BCUT2D eigenvalue weighted by atomic mass is 10.1. The van der Waals surface area contributed by atoms with Gasteiger partial charge in [-0.05, 0) is 24.7 Å². The monoisotopic (exact) mass is 278 g/mol. The molecule has 2 aliphatic rings. The fraction of sp³-hybridized carbons (Fsp3) is 0.500. The van der Waals surface area contributed by atoms with Crippen molar-refractivity contribution < 1.29 is 0 Å². The van der Waals surface area contributed by atoms with Crippen LogP contribution in [0.1, 0.15) is 24.4 Å². The Kier molecular flexibility index (Phi) is 3.57. The molecule has 1 unspecified atom stereocenters. The minimum atomic E-state index is 0.430. The van der Waals surface area contributed by atoms with Crippen molar-refractivity contribution in [3.63, 3.8) is 0 Å². The van der Waals surface area contributed by atoms with E-state index < -0.39 is 0 Å². The molecule has 0 bridgehead atoms. The van der Waals surface area contributed by atoms with E-state index in [0.717, 1.165) is 17.5 Å². The third kappa shape index (κ3) is 2.69. The van der Waals surface area contributed by atoms with Crippen LogP contribution >= 0.6 is 23.5 Å². The molecule has 1 saturated carbocycles. The SMILES string of the molecule is CSC1(CN=C2NC(c3ccccc3)CS2)CC1. The van der Waals surface area contributed by atoms with Crippen LogP contribution < -0.4 is 5.32 Å². The summed E-state index contributed by atoms with van der Waals surface area (Å²) in [4.78, 5) is 4.75. The molecule has 3 rings (SSSR count). The molecule has 0 amide bonds. The molecule has 1 heterocycles. The third-order valence-corrected chi connectivity index (χ3v) is 6.06. The Bertz CT molecular complexity index is 440. The predicted octanol–water partition coefficient (Wildman–Crippen LogP) is 3.32. The minimum absolute atomic E-state index is 0.430. The molecule has 2 fully saturated rings. The van der Waals surface area contributed by atoms with Crippen LogP contribution in [0.15, 0.2) is 35.3 Å². The van der Waals surface area contributed by atoms with E-state index in [4.69, 9.17) is 4.99 Å². The molecule has 1 aromatic rings. The van der Waals surface area contributed by atoms with Crippen molar-refractivity contribution in [1.82, 2.24) is 5.32 Å². The predicted molar refractivity (Wildman–Crippen MR) is 82.6 cm³/mol. The van der Waals surface area contributed by atoms with Crippen molar-refractivity contribution in [3.8, 4) is 0 Å². The molecule has 18 heavy (non-hydrogen) atoms. The molecule has 96 valence electrons. The first-order valence-corrected chi connectivity index (χ1v) is 8.56. The summed E-state index contributed by atoms with van der Waals surface area (Å²) < 4.78 is 0.472. The van der Waals surface area contributed by atoms with E-state index in [1.807, 2.05) is 23.5 Å². The fourth-order valence-corrected chi connectivity index (χ4v) is 3.82. The first-order valence-electron chi connectivity index (χ1n) is 6.35. The Hall–Kier alpha value is -0.610. The van der Waals surface area contributed by atoms with E-state index in [2.05, 4.69) is 41.9 Å². The number of hydrogen-bond acceptors (Lipinski definition) is 3. The summed E-state index contributed by atoms with van der Waals surface area (Å²) in [6.45, 7) is 0.977. The number of rotatable bonds is 4. The summed E-state index contributed by atoms with van der Waals surface area (Å²) in [5, 5.41) is 4.66. The Morgan fingerprint density at radius 1 is 1.39 bits per heavy atom. The summed E-state index contributed by atoms with van der Waals surface area (Å²) in [5.41, 5.74) is 1.36. The van der Waals surface area contributed by atoms with Gasteiger partial charge in [0.05, 0.1) is 12.6 Å². The number of thioether (sulfide) groups is 2. The van der Waals surface area contributed by atoms with Crippen LogP contribution in [0.5, 0.6) is 0 Å². The number of hydrogen-bond donors (Lipinski definition) is 1. The standard InChI is InChI=1S/C14H18N2S2/c1-17-14(7-8-14)10-15-13-16-12(9-18-13)11-5-3-2-4-6-11/h2-6,12H,7-10H2,1H3,(H,15,16). The zero-order valence-electron chi connectivity index (χ0n) is 10.6. The van der Waals surface area contributed by atoms with E-state index in [1.165, 1.54) is 18.4 Å². The van der Waals surface area contributed by atoms with Crippen LogP contribution in [0, 0.1) is 0 Å². The number of aliphatic imine (C=N–C) groups is 1. The molecule has 1 aromatic carbocycles. The van der Waals surface area contributed by atoms with Crippen molar-refractivity contribution in [2.75, 3.05) is 18.6 Å². The summed E-state index contributed by atoms with van der Waals surface area (Å²) in [6, 6.07) is 11.1. The molecular formula is C14H18N2S2. The van der Waals surface area contributed by atoms with Gasteiger partial charge in [0.25, 0.3) is 0 Å². The molecule has 1 saturated heterocycles. The molecule has 1 aliphatic carbocycles. The average Bonchev–Trinajstić information content (AvgIpc) is 3.07. The van der Waals surface area contributed by atoms with Gasteiger partial charge >= 0.3 is 0 Å². The molecule has 1 atom stereocenters. The summed E-state index contributed by atoms with van der Waals surface area (Å²) in [7, 11) is 0. The highest BCUT2D eigenvalue weighted by atomic mass is 32.2. The van der Waals surface area contributed by atoms with E-state index >= 15 is 0 Å². The number of nitrogens with one attached hydrogen (secondary N) is 1. The van der Waals surface area contributed by atoms with Crippen molar-refractivity contribution in [2.24, 2.45) is 4.99 Å². The molecule has 0 radical (unpaired) electrons. The Morgan fingerprint density at radius 3 is 2.83 bits per heavy atom. The van der Waals surface area contributed by atoms with Gasteiger partial charge in [-0.2, -0.15) is 11.8 Å². The summed E-state index contributed by atoms with van der Waals surface area (Å²) in [6.07, 6.45) is 4.87. The summed E-state index contributed by atoms with van der Waals surface area (Å²) >= 11 is 3.83. The van der Waals surface area contributed by atoms with E-state index in [1.54, 1.807) is 0 Å². The third-order valence-electron chi connectivity index (χ3n) is 3.64. The van der Waals surface area contributed by atoms with Crippen molar-refractivity contribution in [1.29, 1.82) is 0 Å². The lowest BCUT2D eigenvalue weighted by Crippen LogP contribution is -2.20. The molecule has 4 heteroatoms. The Balaban J connectivity index is 1.60. The molecule has 0 spiro atoms. The van der Waals surface area contributed by atoms with Crippen molar-refractivity contribution >= 4 is 28.7 Å². The lowest BCUT2D eigenvalue weighted by molar-refractivity contribution is 0.746. The van der Waals surface area contributed by atoms with Gasteiger partial charge in [-0.25, -0.2) is 0 Å². The van der Waals surface area contributed by atoms with Crippen molar-refractivity contribution in [3.05, 3.63) is 35.9 Å². The highest BCUT2D eigenvalue weighted by molar-refractivity contribution is 8.14. The van der Waals surface area contributed by atoms with Gasteiger partial charge in [-0.15, -0.1) is 0 Å². The molecule has 0 aromatic heterocycles. The van der Waals surface area contributed by atoms with E-state index in [0.29, 0.717) is 10.8 Å². The lowest BCUT2D eigenvalue weighted by Gasteiger charge is -2.11. The molecule has 1 aliphatic heterocycles. The topological polar surface area (TPSA) is 24.4 Å². The van der Waals surface area contributed by atoms with Gasteiger partial charge in [0.2, 0.25) is 0 Å². The van der Waals surface area contributed by atoms with E-state index in [-0.39, 0.29) is 0 Å². The zero-order valence-corrected chi connectivity index (χ0v) is 12.2. The normalized spacial score (nSPS) is 27.2. The second kappa shape index (κ2) is 5.17. The maximum absolute atomic E-state index is 4.75. The highest BCUT2D eigenvalue weighted by Gasteiger charge is 2.41. The van der Waals surface area contributed by atoms with Crippen LogP contribution in [-0.4, -0.2) is 28.5 Å². The number of benzene rings is 1. The van der Waals surface area contributed by atoms with Gasteiger partial charge in [-0.3, -0.25) is 4.99 Å². The maximum atomic E-state index is 4.75. The second-order valence-corrected chi connectivity index (χ2v) is 7.21. The Morgan fingerprint density at radius 2 is 2.17 bits per heavy atom. The first kappa shape index (κ1) is 12.4. The second-order valence-electron chi connectivity index (χ2n) is 4.93. The zero-order chi connectivity index (χ0) is 12.4. The largest absolute Gasteiger partial charge is 0.357 e. The highest BCUT2D eigenvalue weighted by Crippen LogP contribution is 2.47. The van der Waals surface area contributed by atoms with Crippen molar-refractivity contribution in [2.45, 2.75) is 23.6 Å². The number of amidine groups is 1. The van der Waals surface area contributed by atoms with Crippen LogP contribution in [0.4, 0.5) is 0 Å². The van der Waals surface area contributed by atoms with Gasteiger partial charge in [0, 0.05) is 10.5 Å². The maximum Gasteiger partial charge on any atom is 0.157 e.